The van der Waals surface area contributed by atoms with Crippen LogP contribution >= 0.6 is 0 Å². The van der Waals surface area contributed by atoms with Gasteiger partial charge in [0.2, 0.25) is 5.82 Å². The fourth-order valence-electron chi connectivity index (χ4n) is 1.31. The van der Waals surface area contributed by atoms with Crippen molar-refractivity contribution in [2.24, 2.45) is 0 Å². The number of rotatable bonds is 6. The fourth-order valence-corrected chi connectivity index (χ4v) is 1.31. The molecule has 1 heterocycles. The number of nitrogens with zero attached hydrogens (tertiary/aromatic N) is 4. The Labute approximate surface area is 115 Å². The van der Waals surface area contributed by atoms with E-state index in [1.807, 2.05) is 0 Å². The van der Waals surface area contributed by atoms with Crippen LogP contribution in [0.15, 0.2) is 6.33 Å². The summed E-state index contributed by atoms with van der Waals surface area (Å²) in [4.78, 5) is 30.4. The van der Waals surface area contributed by atoms with Crippen LogP contribution in [-0.4, -0.2) is 60.1 Å². The first-order valence-corrected chi connectivity index (χ1v) is 5.69. The zero-order valence-corrected chi connectivity index (χ0v) is 11.4. The van der Waals surface area contributed by atoms with E-state index in [0.29, 0.717) is 6.54 Å². The third-order valence-electron chi connectivity index (χ3n) is 2.26. The number of hydrogen-bond acceptors (Lipinski definition) is 7. The zero-order chi connectivity index (χ0) is 15.1. The van der Waals surface area contributed by atoms with Crippen LogP contribution in [0, 0.1) is 10.1 Å². The van der Waals surface area contributed by atoms with E-state index in [0.717, 1.165) is 6.33 Å². The van der Waals surface area contributed by atoms with Crippen molar-refractivity contribution in [1.29, 1.82) is 0 Å². The van der Waals surface area contributed by atoms with Crippen LogP contribution in [-0.2, 0) is 0 Å². The Morgan fingerprint density at radius 2 is 2.15 bits per heavy atom. The zero-order valence-electron chi connectivity index (χ0n) is 11.4. The van der Waals surface area contributed by atoms with Crippen LogP contribution in [0.5, 0.6) is 5.88 Å². The lowest BCUT2D eigenvalue weighted by Crippen LogP contribution is -2.37. The van der Waals surface area contributed by atoms with Crippen LogP contribution < -0.4 is 15.4 Å². The van der Waals surface area contributed by atoms with Crippen molar-refractivity contribution in [1.82, 2.24) is 20.2 Å². The van der Waals surface area contributed by atoms with Crippen molar-refractivity contribution in [3.05, 3.63) is 16.4 Å². The highest BCUT2D eigenvalue weighted by Crippen LogP contribution is 2.29. The monoisotopic (exact) mass is 284 g/mol. The summed E-state index contributed by atoms with van der Waals surface area (Å²) < 4.78 is 4.81. The second-order valence-corrected chi connectivity index (χ2v) is 3.89. The lowest BCUT2D eigenvalue weighted by molar-refractivity contribution is -0.385. The average Bonchev–Trinajstić information content (AvgIpc) is 2.42. The van der Waals surface area contributed by atoms with E-state index in [9.17, 15) is 14.9 Å². The molecule has 0 aromatic carbocycles. The van der Waals surface area contributed by atoms with Gasteiger partial charge in [0.05, 0.1) is 12.0 Å². The summed E-state index contributed by atoms with van der Waals surface area (Å²) in [6.45, 7) is 0.571. The maximum absolute atomic E-state index is 11.3. The second kappa shape index (κ2) is 7.07. The van der Waals surface area contributed by atoms with E-state index >= 15 is 0 Å². The first-order chi connectivity index (χ1) is 9.47. The molecule has 0 aliphatic rings. The first kappa shape index (κ1) is 15.4. The molecule has 1 aromatic heterocycles. The van der Waals surface area contributed by atoms with Gasteiger partial charge in [-0.1, -0.05) is 0 Å². The predicted molar refractivity (Wildman–Crippen MR) is 70.8 cm³/mol. The van der Waals surface area contributed by atoms with E-state index in [4.69, 9.17) is 4.74 Å². The van der Waals surface area contributed by atoms with E-state index in [1.165, 1.54) is 12.0 Å². The number of nitro groups is 1. The number of carbonyl (C=O) groups excluding carboxylic acids is 1. The topological polar surface area (TPSA) is 123 Å². The van der Waals surface area contributed by atoms with Gasteiger partial charge in [-0.3, -0.25) is 10.1 Å². The number of hydrogen-bond donors (Lipinski definition) is 2. The fraction of sp³-hybridized carbons (Fsp3) is 0.500. The summed E-state index contributed by atoms with van der Waals surface area (Å²) >= 11 is 0. The number of ether oxygens (including phenoxy) is 1. The smallest absolute Gasteiger partial charge is 0.372 e. The highest BCUT2D eigenvalue weighted by Gasteiger charge is 2.23. The number of amides is 2. The Balaban J connectivity index is 2.64. The Morgan fingerprint density at radius 3 is 2.70 bits per heavy atom. The highest BCUT2D eigenvalue weighted by molar-refractivity contribution is 5.73. The minimum absolute atomic E-state index is 0.0425. The molecule has 10 nitrogen and oxygen atoms in total. The third-order valence-corrected chi connectivity index (χ3v) is 2.26. The normalized spacial score (nSPS) is 9.75. The molecule has 0 aliphatic heterocycles. The molecule has 0 saturated heterocycles. The molecule has 0 fully saturated rings. The van der Waals surface area contributed by atoms with Crippen molar-refractivity contribution in [3.8, 4) is 5.88 Å². The molecule has 10 heteroatoms. The molecule has 1 rings (SSSR count). The van der Waals surface area contributed by atoms with Gasteiger partial charge in [0.15, 0.2) is 0 Å². The molecule has 0 saturated carbocycles. The van der Waals surface area contributed by atoms with Gasteiger partial charge in [-0.05, 0) is 0 Å². The summed E-state index contributed by atoms with van der Waals surface area (Å²) in [5.74, 6) is -0.0780. The minimum Gasteiger partial charge on any atom is -0.476 e. The molecule has 0 radical (unpaired) electrons. The minimum atomic E-state index is -0.625. The molecular formula is C10H16N6O4. The molecule has 0 spiro atoms. The van der Waals surface area contributed by atoms with Crippen molar-refractivity contribution < 1.29 is 14.5 Å². The van der Waals surface area contributed by atoms with E-state index in [1.54, 1.807) is 14.1 Å². The van der Waals surface area contributed by atoms with Crippen molar-refractivity contribution in [3.63, 3.8) is 0 Å². The van der Waals surface area contributed by atoms with Gasteiger partial charge < -0.3 is 20.3 Å². The number of aromatic nitrogens is 2. The molecule has 1 aromatic rings. The number of urea groups is 1. The second-order valence-electron chi connectivity index (χ2n) is 3.89. The SMILES string of the molecule is COc1ncnc(NCCNC(=O)N(C)C)c1[N+](=O)[O-]. The average molecular weight is 284 g/mol. The molecule has 2 N–H and O–H groups in total. The summed E-state index contributed by atoms with van der Waals surface area (Å²) in [7, 11) is 4.52. The molecule has 0 bridgehead atoms. The Bertz CT molecular complexity index is 493. The van der Waals surface area contributed by atoms with Crippen LogP contribution in [0.2, 0.25) is 0 Å². The lowest BCUT2D eigenvalue weighted by Gasteiger charge is -2.12. The van der Waals surface area contributed by atoms with Gasteiger partial charge in [0.25, 0.3) is 5.88 Å². The van der Waals surface area contributed by atoms with Gasteiger partial charge in [-0.2, -0.15) is 4.98 Å². The Kier molecular flexibility index (Phi) is 5.44. The van der Waals surface area contributed by atoms with Crippen LogP contribution in [0.25, 0.3) is 0 Å². The number of carbonyl (C=O) groups is 1. The molecule has 0 unspecified atom stereocenters. The van der Waals surface area contributed by atoms with E-state index in [-0.39, 0.29) is 30.0 Å². The van der Waals surface area contributed by atoms with Crippen molar-refractivity contribution >= 4 is 17.5 Å². The van der Waals surface area contributed by atoms with Gasteiger partial charge in [-0.15, -0.1) is 0 Å². The Hall–Kier alpha value is -2.65. The van der Waals surface area contributed by atoms with Gasteiger partial charge in [0.1, 0.15) is 6.33 Å². The predicted octanol–water partition coefficient (Wildman–Crippen LogP) is 0.0765. The summed E-state index contributed by atoms with van der Waals surface area (Å²) in [5.41, 5.74) is -0.339. The third kappa shape index (κ3) is 3.93. The van der Waals surface area contributed by atoms with Gasteiger partial charge in [0, 0.05) is 27.2 Å². The van der Waals surface area contributed by atoms with Crippen LogP contribution in [0.3, 0.4) is 0 Å². The summed E-state index contributed by atoms with van der Waals surface area (Å²) in [6, 6.07) is -0.249. The van der Waals surface area contributed by atoms with Crippen LogP contribution in [0.4, 0.5) is 16.3 Å². The number of nitrogens with one attached hydrogen (secondary N) is 2. The number of anilines is 1. The first-order valence-electron chi connectivity index (χ1n) is 5.69. The molecule has 20 heavy (non-hydrogen) atoms. The molecule has 0 aliphatic carbocycles. The molecule has 110 valence electrons. The summed E-state index contributed by atoms with van der Waals surface area (Å²) in [5, 5.41) is 16.3. The van der Waals surface area contributed by atoms with Gasteiger partial charge in [-0.25, -0.2) is 9.78 Å². The maximum Gasteiger partial charge on any atom is 0.372 e. The molecule has 0 atom stereocenters. The van der Waals surface area contributed by atoms with E-state index in [2.05, 4.69) is 20.6 Å². The largest absolute Gasteiger partial charge is 0.476 e. The molecular weight excluding hydrogens is 268 g/mol. The highest BCUT2D eigenvalue weighted by atomic mass is 16.6. The van der Waals surface area contributed by atoms with Crippen molar-refractivity contribution in [2.45, 2.75) is 0 Å². The van der Waals surface area contributed by atoms with Crippen molar-refractivity contribution in [2.75, 3.05) is 39.6 Å². The standard InChI is InChI=1S/C10H16N6O4/c1-15(2)10(17)12-5-4-11-8-7(16(18)19)9(20-3)14-6-13-8/h6H,4-5H2,1-3H3,(H,12,17)(H,11,13,14). The Morgan fingerprint density at radius 1 is 1.45 bits per heavy atom. The summed E-state index contributed by atoms with van der Waals surface area (Å²) in [6.07, 6.45) is 1.16. The molecule has 2 amide bonds. The maximum atomic E-state index is 11.3. The van der Waals surface area contributed by atoms with Crippen LogP contribution in [0.1, 0.15) is 0 Å². The number of methoxy groups -OCH3 is 1. The quantitative estimate of drug-likeness (QED) is 0.430. The lowest BCUT2D eigenvalue weighted by atomic mass is 10.4. The van der Waals surface area contributed by atoms with E-state index < -0.39 is 4.92 Å². The van der Waals surface area contributed by atoms with Gasteiger partial charge >= 0.3 is 11.7 Å².